The van der Waals surface area contributed by atoms with Crippen molar-refractivity contribution in [2.24, 2.45) is 4.99 Å². The number of benzene rings is 1. The van der Waals surface area contributed by atoms with Gasteiger partial charge in [0.2, 0.25) is 0 Å². The fourth-order valence-electron chi connectivity index (χ4n) is 3.99. The highest BCUT2D eigenvalue weighted by Gasteiger charge is 2.32. The van der Waals surface area contributed by atoms with E-state index < -0.39 is 0 Å². The van der Waals surface area contributed by atoms with Crippen LogP contribution in [0.5, 0.6) is 0 Å². The standard InChI is InChI=1S/C20H27ClN4O2/c1-22-20(25-8-10-27-19(13-25)18-3-2-9-26-18)23-7-6-14-12-24-17-5-4-15(21)11-16(14)17/h4-5,11-12,18-19,24H,2-3,6-10,13H2,1H3,(H,22,23). The minimum atomic E-state index is 0.135. The molecule has 2 aliphatic heterocycles. The molecule has 7 heteroatoms. The summed E-state index contributed by atoms with van der Waals surface area (Å²) < 4.78 is 11.8. The highest BCUT2D eigenvalue weighted by Crippen LogP contribution is 2.23. The summed E-state index contributed by atoms with van der Waals surface area (Å²) in [5.74, 6) is 0.930. The van der Waals surface area contributed by atoms with Crippen molar-refractivity contribution in [2.45, 2.75) is 31.5 Å². The number of hydrogen-bond donors (Lipinski definition) is 2. The minimum absolute atomic E-state index is 0.135. The van der Waals surface area contributed by atoms with Crippen LogP contribution in [0.1, 0.15) is 18.4 Å². The molecule has 2 fully saturated rings. The minimum Gasteiger partial charge on any atom is -0.375 e. The molecular formula is C20H27ClN4O2. The van der Waals surface area contributed by atoms with Crippen LogP contribution < -0.4 is 5.32 Å². The highest BCUT2D eigenvalue weighted by molar-refractivity contribution is 6.31. The summed E-state index contributed by atoms with van der Waals surface area (Å²) in [4.78, 5) is 10.1. The average Bonchev–Trinajstić information content (AvgIpc) is 3.36. The first-order valence-electron chi connectivity index (χ1n) is 9.69. The Bertz CT molecular complexity index is 800. The van der Waals surface area contributed by atoms with Crippen LogP contribution in [0.2, 0.25) is 5.02 Å². The molecule has 0 bridgehead atoms. The highest BCUT2D eigenvalue weighted by atomic mass is 35.5. The summed E-state index contributed by atoms with van der Waals surface area (Å²) in [7, 11) is 1.84. The van der Waals surface area contributed by atoms with Crippen LogP contribution in [-0.4, -0.2) is 67.9 Å². The summed E-state index contributed by atoms with van der Waals surface area (Å²) in [5, 5.41) is 5.45. The lowest BCUT2D eigenvalue weighted by molar-refractivity contribution is -0.0816. The number of rotatable bonds is 4. The second kappa shape index (κ2) is 8.50. The van der Waals surface area contributed by atoms with Crippen LogP contribution >= 0.6 is 11.6 Å². The summed E-state index contributed by atoms with van der Waals surface area (Å²) in [6.07, 6.45) is 5.55. The van der Waals surface area contributed by atoms with E-state index in [0.29, 0.717) is 6.61 Å². The number of fused-ring (bicyclic) bond motifs is 1. The monoisotopic (exact) mass is 390 g/mol. The Labute approximate surface area is 164 Å². The van der Waals surface area contributed by atoms with Gasteiger partial charge in [-0.25, -0.2) is 0 Å². The molecule has 0 saturated carbocycles. The maximum atomic E-state index is 6.15. The lowest BCUT2D eigenvalue weighted by Gasteiger charge is -2.37. The molecular weight excluding hydrogens is 364 g/mol. The molecule has 1 aromatic carbocycles. The van der Waals surface area contributed by atoms with Crippen molar-refractivity contribution < 1.29 is 9.47 Å². The van der Waals surface area contributed by atoms with E-state index in [2.05, 4.69) is 26.4 Å². The van der Waals surface area contributed by atoms with Gasteiger partial charge < -0.3 is 24.7 Å². The molecule has 3 heterocycles. The zero-order valence-corrected chi connectivity index (χ0v) is 16.5. The number of aromatic nitrogens is 1. The number of aliphatic imine (C=N–C) groups is 1. The molecule has 27 heavy (non-hydrogen) atoms. The van der Waals surface area contributed by atoms with E-state index in [1.165, 1.54) is 10.9 Å². The summed E-state index contributed by atoms with van der Waals surface area (Å²) in [6, 6.07) is 5.95. The lowest BCUT2D eigenvalue weighted by atomic mass is 10.1. The van der Waals surface area contributed by atoms with Crippen LogP contribution in [0.15, 0.2) is 29.4 Å². The van der Waals surface area contributed by atoms with Crippen molar-refractivity contribution in [3.05, 3.63) is 35.0 Å². The van der Waals surface area contributed by atoms with Crippen molar-refractivity contribution in [3.63, 3.8) is 0 Å². The van der Waals surface area contributed by atoms with Crippen molar-refractivity contribution in [3.8, 4) is 0 Å². The molecule has 4 rings (SSSR count). The number of morpholine rings is 1. The Morgan fingerprint density at radius 2 is 2.22 bits per heavy atom. The number of hydrogen-bond acceptors (Lipinski definition) is 3. The van der Waals surface area contributed by atoms with Gasteiger partial charge in [0.15, 0.2) is 5.96 Å². The van der Waals surface area contributed by atoms with Gasteiger partial charge in [0.1, 0.15) is 6.10 Å². The Balaban J connectivity index is 1.34. The quantitative estimate of drug-likeness (QED) is 0.622. The van der Waals surface area contributed by atoms with Crippen LogP contribution in [0, 0.1) is 0 Å². The predicted molar refractivity (Wildman–Crippen MR) is 109 cm³/mol. The molecule has 2 saturated heterocycles. The number of nitrogens with zero attached hydrogens (tertiary/aromatic N) is 2. The third-order valence-electron chi connectivity index (χ3n) is 5.39. The van der Waals surface area contributed by atoms with Gasteiger partial charge >= 0.3 is 0 Å². The van der Waals surface area contributed by atoms with Gasteiger partial charge in [-0.3, -0.25) is 4.99 Å². The van der Waals surface area contributed by atoms with Crippen molar-refractivity contribution in [1.29, 1.82) is 0 Å². The van der Waals surface area contributed by atoms with Gasteiger partial charge in [-0.15, -0.1) is 0 Å². The van der Waals surface area contributed by atoms with Gasteiger partial charge in [0.25, 0.3) is 0 Å². The van der Waals surface area contributed by atoms with Gasteiger partial charge in [-0.1, -0.05) is 11.6 Å². The molecule has 6 nitrogen and oxygen atoms in total. The summed E-state index contributed by atoms with van der Waals surface area (Å²) in [6.45, 7) is 4.06. The number of H-pyrrole nitrogens is 1. The molecule has 2 aromatic rings. The Hall–Kier alpha value is -1.76. The average molecular weight is 391 g/mol. The van der Waals surface area contributed by atoms with E-state index >= 15 is 0 Å². The van der Waals surface area contributed by atoms with E-state index in [0.717, 1.165) is 62.0 Å². The van der Waals surface area contributed by atoms with Crippen LogP contribution in [0.4, 0.5) is 0 Å². The van der Waals surface area contributed by atoms with Crippen LogP contribution in [0.25, 0.3) is 10.9 Å². The Morgan fingerprint density at radius 1 is 1.33 bits per heavy atom. The van der Waals surface area contributed by atoms with Gasteiger partial charge in [0.05, 0.1) is 12.7 Å². The second-order valence-electron chi connectivity index (χ2n) is 7.13. The van der Waals surface area contributed by atoms with Gasteiger partial charge in [0, 0.05) is 55.4 Å². The maximum Gasteiger partial charge on any atom is 0.193 e. The molecule has 2 unspecified atom stereocenters. The number of halogens is 1. The molecule has 2 atom stereocenters. The predicted octanol–water partition coefficient (Wildman–Crippen LogP) is 2.82. The number of guanidine groups is 1. The van der Waals surface area contributed by atoms with E-state index in [4.69, 9.17) is 21.1 Å². The largest absolute Gasteiger partial charge is 0.375 e. The smallest absolute Gasteiger partial charge is 0.193 e. The molecule has 0 aliphatic carbocycles. The molecule has 0 spiro atoms. The third kappa shape index (κ3) is 4.23. The van der Waals surface area contributed by atoms with Crippen LogP contribution in [0.3, 0.4) is 0 Å². The first-order valence-corrected chi connectivity index (χ1v) is 10.1. The summed E-state index contributed by atoms with van der Waals surface area (Å²) >= 11 is 6.15. The SMILES string of the molecule is CN=C(NCCc1c[nH]c2ccc(Cl)cc12)N1CCOC(C2CCCO2)C1. The zero-order chi connectivity index (χ0) is 18.6. The van der Waals surface area contributed by atoms with E-state index in [9.17, 15) is 0 Å². The fraction of sp³-hybridized carbons (Fsp3) is 0.550. The van der Waals surface area contributed by atoms with E-state index in [1.807, 2.05) is 25.2 Å². The number of aromatic amines is 1. The first kappa shape index (κ1) is 18.6. The number of ether oxygens (including phenoxy) is 2. The molecule has 0 amide bonds. The molecule has 1 aromatic heterocycles. The second-order valence-corrected chi connectivity index (χ2v) is 7.57. The van der Waals surface area contributed by atoms with Gasteiger partial charge in [-0.05, 0) is 43.0 Å². The Kier molecular flexibility index (Phi) is 5.86. The van der Waals surface area contributed by atoms with E-state index in [1.54, 1.807) is 0 Å². The fourth-order valence-corrected chi connectivity index (χ4v) is 4.16. The summed E-state index contributed by atoms with van der Waals surface area (Å²) in [5.41, 5.74) is 2.38. The first-order chi connectivity index (χ1) is 13.2. The third-order valence-corrected chi connectivity index (χ3v) is 5.63. The van der Waals surface area contributed by atoms with Crippen molar-refractivity contribution >= 4 is 28.5 Å². The molecule has 2 aliphatic rings. The topological polar surface area (TPSA) is 61.9 Å². The zero-order valence-electron chi connectivity index (χ0n) is 15.7. The normalized spacial score (nSPS) is 23.9. The molecule has 2 N–H and O–H groups in total. The van der Waals surface area contributed by atoms with Crippen molar-refractivity contribution in [1.82, 2.24) is 15.2 Å². The van der Waals surface area contributed by atoms with Crippen LogP contribution in [-0.2, 0) is 15.9 Å². The molecule has 146 valence electrons. The van der Waals surface area contributed by atoms with Gasteiger partial charge in [-0.2, -0.15) is 0 Å². The molecule has 0 radical (unpaired) electrons. The van der Waals surface area contributed by atoms with Crippen molar-refractivity contribution in [2.75, 3.05) is 39.9 Å². The Morgan fingerprint density at radius 3 is 3.04 bits per heavy atom. The number of nitrogens with one attached hydrogen (secondary N) is 2. The maximum absolute atomic E-state index is 6.15. The van der Waals surface area contributed by atoms with E-state index in [-0.39, 0.29) is 12.2 Å². The lowest BCUT2D eigenvalue weighted by Crippen LogP contribution is -2.53.